The number of rotatable bonds is 4. The van der Waals surface area contributed by atoms with Gasteiger partial charge in [0.15, 0.2) is 9.84 Å². The Labute approximate surface area is 73.3 Å². The molecule has 0 aliphatic rings. The fraction of sp³-hybridized carbons (Fsp3) is 0.857. The van der Waals surface area contributed by atoms with E-state index < -0.39 is 15.1 Å². The number of sulfone groups is 1. The second-order valence-corrected chi connectivity index (χ2v) is 5.26. The van der Waals surface area contributed by atoms with Crippen LogP contribution in [0.1, 0.15) is 20.3 Å². The van der Waals surface area contributed by atoms with E-state index in [9.17, 15) is 13.2 Å². The van der Waals surface area contributed by atoms with Crippen molar-refractivity contribution < 1.29 is 13.2 Å². The smallest absolute Gasteiger partial charge is 0.221 e. The predicted octanol–water partition coefficient (Wildman–Crippen LogP) is -0.0543. The van der Waals surface area contributed by atoms with E-state index >= 15 is 0 Å². The Kier molecular flexibility index (Phi) is 4.23. The molecule has 1 N–H and O–H groups in total. The van der Waals surface area contributed by atoms with Gasteiger partial charge in [-0.2, -0.15) is 0 Å². The average Bonchev–Trinajstić information content (AvgIpc) is 1.85. The lowest BCUT2D eigenvalue weighted by Crippen LogP contribution is -2.29. The van der Waals surface area contributed by atoms with Gasteiger partial charge in [0.2, 0.25) is 5.91 Å². The molecule has 0 rings (SSSR count). The molecule has 1 atom stereocenters. The van der Waals surface area contributed by atoms with Crippen LogP contribution in [0.5, 0.6) is 0 Å². The summed E-state index contributed by atoms with van der Waals surface area (Å²) in [5.74, 6) is -0.213. The van der Waals surface area contributed by atoms with Gasteiger partial charge in [-0.15, -0.1) is 0 Å². The maximum atomic E-state index is 10.9. The van der Waals surface area contributed by atoms with Crippen molar-refractivity contribution in [3.63, 3.8) is 0 Å². The quantitative estimate of drug-likeness (QED) is 0.680. The number of carbonyl (C=O) groups is 1. The van der Waals surface area contributed by atoms with Crippen LogP contribution in [-0.4, -0.2) is 32.4 Å². The van der Waals surface area contributed by atoms with Crippen molar-refractivity contribution in [2.45, 2.75) is 25.5 Å². The van der Waals surface area contributed by atoms with Gasteiger partial charge in [-0.25, -0.2) is 8.42 Å². The number of hydrogen-bond donors (Lipinski definition) is 1. The molecule has 0 aromatic heterocycles. The molecule has 0 heterocycles. The van der Waals surface area contributed by atoms with E-state index in [2.05, 4.69) is 5.32 Å². The fourth-order valence-electron chi connectivity index (χ4n) is 0.682. The molecule has 1 unspecified atom stereocenters. The summed E-state index contributed by atoms with van der Waals surface area (Å²) >= 11 is 0. The normalized spacial score (nSPS) is 13.9. The predicted molar refractivity (Wildman–Crippen MR) is 47.6 cm³/mol. The van der Waals surface area contributed by atoms with Crippen LogP contribution in [-0.2, 0) is 14.6 Å². The van der Waals surface area contributed by atoms with Gasteiger partial charge in [0.25, 0.3) is 0 Å². The molecular weight excluding hydrogens is 178 g/mol. The summed E-state index contributed by atoms with van der Waals surface area (Å²) in [6.07, 6.45) is 1.18. The van der Waals surface area contributed by atoms with E-state index in [4.69, 9.17) is 0 Å². The highest BCUT2D eigenvalue weighted by Gasteiger charge is 2.17. The van der Waals surface area contributed by atoms with E-state index in [1.165, 1.54) is 6.92 Å². The third kappa shape index (κ3) is 4.33. The van der Waals surface area contributed by atoms with Crippen LogP contribution in [0.2, 0.25) is 0 Å². The maximum absolute atomic E-state index is 10.9. The summed E-state index contributed by atoms with van der Waals surface area (Å²) in [6, 6.07) is 0. The first-order valence-corrected chi connectivity index (χ1v) is 5.79. The van der Waals surface area contributed by atoms with E-state index in [-0.39, 0.29) is 12.3 Å². The number of nitrogens with one attached hydrogen (secondary N) is 1. The maximum Gasteiger partial charge on any atom is 0.221 e. The van der Waals surface area contributed by atoms with E-state index in [1.807, 2.05) is 0 Å². The Balaban J connectivity index is 4.02. The van der Waals surface area contributed by atoms with Gasteiger partial charge in [-0.05, 0) is 13.8 Å². The molecular formula is C7H15NO3S. The molecule has 0 saturated heterocycles. The monoisotopic (exact) mass is 193 g/mol. The Morgan fingerprint density at radius 2 is 2.00 bits per heavy atom. The van der Waals surface area contributed by atoms with Crippen LogP contribution >= 0.6 is 0 Å². The molecule has 1 amide bonds. The summed E-state index contributed by atoms with van der Waals surface area (Å²) in [6.45, 7) is 3.86. The number of amides is 1. The molecule has 0 bridgehead atoms. The van der Waals surface area contributed by atoms with Gasteiger partial charge in [0, 0.05) is 19.2 Å². The lowest BCUT2D eigenvalue weighted by molar-refractivity contribution is -0.120. The third-order valence-electron chi connectivity index (χ3n) is 1.58. The molecule has 0 aromatic rings. The first kappa shape index (κ1) is 11.4. The molecule has 0 aliphatic carbocycles. The van der Waals surface area contributed by atoms with Gasteiger partial charge in [-0.1, -0.05) is 0 Å². The zero-order valence-corrected chi connectivity index (χ0v) is 8.44. The second kappa shape index (κ2) is 4.45. The van der Waals surface area contributed by atoms with Gasteiger partial charge >= 0.3 is 0 Å². The number of carbonyl (C=O) groups excluding carboxylic acids is 1. The fourth-order valence-corrected chi connectivity index (χ4v) is 1.14. The summed E-state index contributed by atoms with van der Waals surface area (Å²) in [4.78, 5) is 10.9. The van der Waals surface area contributed by atoms with E-state index in [1.54, 1.807) is 6.92 Å². The Morgan fingerprint density at radius 1 is 1.50 bits per heavy atom. The lowest BCUT2D eigenvalue weighted by Gasteiger charge is -2.07. The van der Waals surface area contributed by atoms with Crippen LogP contribution in [0.15, 0.2) is 0 Å². The molecule has 5 heteroatoms. The van der Waals surface area contributed by atoms with Crippen LogP contribution in [0, 0.1) is 0 Å². The van der Waals surface area contributed by atoms with Crippen molar-refractivity contribution in [3.05, 3.63) is 0 Å². The molecule has 0 aliphatic heterocycles. The molecule has 0 radical (unpaired) electrons. The van der Waals surface area contributed by atoms with Crippen molar-refractivity contribution >= 4 is 15.7 Å². The first-order valence-electron chi connectivity index (χ1n) is 3.83. The van der Waals surface area contributed by atoms with Crippen LogP contribution < -0.4 is 5.32 Å². The van der Waals surface area contributed by atoms with Crippen molar-refractivity contribution in [2.24, 2.45) is 0 Å². The Morgan fingerprint density at radius 3 is 2.33 bits per heavy atom. The summed E-state index contributed by atoms with van der Waals surface area (Å²) in [5.41, 5.74) is 0. The van der Waals surface area contributed by atoms with Gasteiger partial charge in [-0.3, -0.25) is 4.79 Å². The minimum Gasteiger partial charge on any atom is -0.356 e. The molecule has 0 aromatic carbocycles. The number of hydrogen-bond acceptors (Lipinski definition) is 3. The van der Waals surface area contributed by atoms with Crippen molar-refractivity contribution in [2.75, 3.05) is 12.8 Å². The third-order valence-corrected chi connectivity index (χ3v) is 3.21. The van der Waals surface area contributed by atoms with E-state index in [0.717, 1.165) is 6.26 Å². The summed E-state index contributed by atoms with van der Waals surface area (Å²) in [7, 11) is -3.08. The van der Waals surface area contributed by atoms with Crippen LogP contribution in [0.25, 0.3) is 0 Å². The van der Waals surface area contributed by atoms with Crippen molar-refractivity contribution in [3.8, 4) is 0 Å². The van der Waals surface area contributed by atoms with Gasteiger partial charge in [0.05, 0.1) is 5.25 Å². The highest BCUT2D eigenvalue weighted by atomic mass is 32.2. The standard InChI is InChI=1S/C7H15NO3S/c1-4-8-7(9)5-6(2)12(3,10)11/h6H,4-5H2,1-3H3,(H,8,9). The van der Waals surface area contributed by atoms with Gasteiger partial charge in [0.1, 0.15) is 0 Å². The van der Waals surface area contributed by atoms with Crippen LogP contribution in [0.4, 0.5) is 0 Å². The Bertz CT molecular complexity index is 245. The highest BCUT2D eigenvalue weighted by Crippen LogP contribution is 2.02. The minimum absolute atomic E-state index is 0.0483. The average molecular weight is 193 g/mol. The minimum atomic E-state index is -3.08. The molecule has 72 valence electrons. The van der Waals surface area contributed by atoms with Crippen LogP contribution in [0.3, 0.4) is 0 Å². The van der Waals surface area contributed by atoms with Crippen molar-refractivity contribution in [1.82, 2.24) is 5.32 Å². The van der Waals surface area contributed by atoms with Gasteiger partial charge < -0.3 is 5.32 Å². The second-order valence-electron chi connectivity index (χ2n) is 2.80. The largest absolute Gasteiger partial charge is 0.356 e. The SMILES string of the molecule is CCNC(=O)CC(C)S(C)(=O)=O. The molecule has 4 nitrogen and oxygen atoms in total. The molecule has 0 saturated carbocycles. The Hall–Kier alpha value is -0.580. The van der Waals surface area contributed by atoms with Crippen molar-refractivity contribution in [1.29, 1.82) is 0 Å². The highest BCUT2D eigenvalue weighted by molar-refractivity contribution is 7.91. The zero-order chi connectivity index (χ0) is 9.78. The summed E-state index contributed by atoms with van der Waals surface area (Å²) in [5, 5.41) is 1.95. The molecule has 12 heavy (non-hydrogen) atoms. The molecule has 0 spiro atoms. The lowest BCUT2D eigenvalue weighted by atomic mass is 10.3. The topological polar surface area (TPSA) is 63.2 Å². The summed E-state index contributed by atoms with van der Waals surface area (Å²) < 4.78 is 21.8. The first-order chi connectivity index (χ1) is 5.38. The van der Waals surface area contributed by atoms with E-state index in [0.29, 0.717) is 6.54 Å². The zero-order valence-electron chi connectivity index (χ0n) is 7.62. The molecule has 0 fully saturated rings.